The zero-order chi connectivity index (χ0) is 5.82. The SMILES string of the molecule is OCOC1=CCCC1. The van der Waals surface area contributed by atoms with Gasteiger partial charge in [-0.15, -0.1) is 0 Å². The molecule has 0 aromatic carbocycles. The number of hydrogen-bond donors (Lipinski definition) is 1. The van der Waals surface area contributed by atoms with Crippen LogP contribution in [0.4, 0.5) is 0 Å². The van der Waals surface area contributed by atoms with Crippen molar-refractivity contribution in [3.05, 3.63) is 11.8 Å². The maximum absolute atomic E-state index is 8.26. The molecule has 0 fully saturated rings. The van der Waals surface area contributed by atoms with Gasteiger partial charge in [0.25, 0.3) is 0 Å². The van der Waals surface area contributed by atoms with Crippen LogP contribution in [0.1, 0.15) is 19.3 Å². The Morgan fingerprint density at radius 3 is 3.12 bits per heavy atom. The van der Waals surface area contributed by atoms with Gasteiger partial charge in [0.05, 0.1) is 5.76 Å². The first kappa shape index (κ1) is 5.63. The zero-order valence-electron chi connectivity index (χ0n) is 4.76. The van der Waals surface area contributed by atoms with Crippen LogP contribution in [-0.4, -0.2) is 11.9 Å². The summed E-state index contributed by atoms with van der Waals surface area (Å²) >= 11 is 0. The van der Waals surface area contributed by atoms with Crippen LogP contribution < -0.4 is 0 Å². The number of rotatable bonds is 2. The standard InChI is InChI=1S/C6H10O2/c7-5-8-6-3-1-2-4-6/h3,7H,1-2,4-5H2. The summed E-state index contributed by atoms with van der Waals surface area (Å²) in [6.07, 6.45) is 5.31. The lowest BCUT2D eigenvalue weighted by Crippen LogP contribution is -1.89. The van der Waals surface area contributed by atoms with E-state index in [1.54, 1.807) is 0 Å². The lowest BCUT2D eigenvalue weighted by molar-refractivity contribution is 0.0398. The quantitative estimate of drug-likeness (QED) is 0.543. The van der Waals surface area contributed by atoms with Crippen LogP contribution in [-0.2, 0) is 4.74 Å². The van der Waals surface area contributed by atoms with Crippen molar-refractivity contribution in [2.24, 2.45) is 0 Å². The van der Waals surface area contributed by atoms with Crippen molar-refractivity contribution in [1.82, 2.24) is 0 Å². The van der Waals surface area contributed by atoms with E-state index in [-0.39, 0.29) is 6.79 Å². The highest BCUT2D eigenvalue weighted by atomic mass is 16.6. The fraction of sp³-hybridized carbons (Fsp3) is 0.667. The van der Waals surface area contributed by atoms with Crippen LogP contribution in [0, 0.1) is 0 Å². The van der Waals surface area contributed by atoms with Gasteiger partial charge in [-0.3, -0.25) is 0 Å². The van der Waals surface area contributed by atoms with Gasteiger partial charge in [0, 0.05) is 6.42 Å². The van der Waals surface area contributed by atoms with Crippen molar-refractivity contribution in [2.75, 3.05) is 6.79 Å². The predicted molar refractivity (Wildman–Crippen MR) is 30.1 cm³/mol. The number of aliphatic hydroxyl groups is 1. The normalized spacial score (nSPS) is 18.4. The van der Waals surface area contributed by atoms with Crippen LogP contribution in [0.3, 0.4) is 0 Å². The Morgan fingerprint density at radius 1 is 1.75 bits per heavy atom. The lowest BCUT2D eigenvalue weighted by Gasteiger charge is -1.99. The first-order valence-electron chi connectivity index (χ1n) is 2.86. The second kappa shape index (κ2) is 2.72. The maximum Gasteiger partial charge on any atom is 0.185 e. The van der Waals surface area contributed by atoms with E-state index in [2.05, 4.69) is 0 Å². The monoisotopic (exact) mass is 114 g/mol. The minimum absolute atomic E-state index is 0.175. The highest BCUT2D eigenvalue weighted by Gasteiger charge is 2.02. The molecule has 0 spiro atoms. The highest BCUT2D eigenvalue weighted by Crippen LogP contribution is 2.17. The average Bonchev–Trinajstić information content (AvgIpc) is 2.19. The minimum Gasteiger partial charge on any atom is -0.472 e. The van der Waals surface area contributed by atoms with E-state index >= 15 is 0 Å². The summed E-state index contributed by atoms with van der Waals surface area (Å²) < 4.78 is 4.82. The molecule has 0 radical (unpaired) electrons. The molecule has 46 valence electrons. The number of allylic oxidation sites excluding steroid dienone is 2. The Labute approximate surface area is 48.8 Å². The molecule has 0 bridgehead atoms. The zero-order valence-corrected chi connectivity index (χ0v) is 4.76. The first-order chi connectivity index (χ1) is 3.93. The number of hydrogen-bond acceptors (Lipinski definition) is 2. The molecule has 8 heavy (non-hydrogen) atoms. The van der Waals surface area contributed by atoms with Gasteiger partial charge < -0.3 is 9.84 Å². The van der Waals surface area contributed by atoms with Gasteiger partial charge in [-0.05, 0) is 18.9 Å². The molecular weight excluding hydrogens is 104 g/mol. The van der Waals surface area contributed by atoms with Crippen molar-refractivity contribution in [3.63, 3.8) is 0 Å². The van der Waals surface area contributed by atoms with Gasteiger partial charge in [0.15, 0.2) is 6.79 Å². The molecule has 0 unspecified atom stereocenters. The van der Waals surface area contributed by atoms with Crippen LogP contribution in [0.25, 0.3) is 0 Å². The van der Waals surface area contributed by atoms with Gasteiger partial charge in [-0.25, -0.2) is 0 Å². The largest absolute Gasteiger partial charge is 0.472 e. The highest BCUT2D eigenvalue weighted by molar-refractivity contribution is 4.98. The summed E-state index contributed by atoms with van der Waals surface area (Å²) in [4.78, 5) is 0. The van der Waals surface area contributed by atoms with E-state index in [1.807, 2.05) is 6.08 Å². The molecule has 2 heteroatoms. The summed E-state index contributed by atoms with van der Waals surface area (Å²) in [6, 6.07) is 0. The van der Waals surface area contributed by atoms with Crippen LogP contribution >= 0.6 is 0 Å². The van der Waals surface area contributed by atoms with E-state index in [0.29, 0.717) is 0 Å². The Morgan fingerprint density at radius 2 is 2.62 bits per heavy atom. The molecule has 0 atom stereocenters. The lowest BCUT2D eigenvalue weighted by atomic mass is 10.4. The average molecular weight is 114 g/mol. The third-order valence-corrected chi connectivity index (χ3v) is 1.25. The molecule has 2 nitrogen and oxygen atoms in total. The molecule has 0 heterocycles. The van der Waals surface area contributed by atoms with E-state index in [4.69, 9.17) is 9.84 Å². The van der Waals surface area contributed by atoms with E-state index < -0.39 is 0 Å². The Kier molecular flexibility index (Phi) is 1.92. The van der Waals surface area contributed by atoms with Crippen LogP contribution in [0.2, 0.25) is 0 Å². The number of ether oxygens (including phenoxy) is 1. The molecule has 0 aliphatic heterocycles. The second-order valence-corrected chi connectivity index (χ2v) is 1.84. The first-order valence-corrected chi connectivity index (χ1v) is 2.86. The Bertz CT molecular complexity index is 96.7. The van der Waals surface area contributed by atoms with Crippen LogP contribution in [0.5, 0.6) is 0 Å². The molecule has 1 aliphatic rings. The predicted octanol–water partition coefficient (Wildman–Crippen LogP) is 1.02. The number of aliphatic hydroxyl groups excluding tert-OH is 1. The van der Waals surface area contributed by atoms with E-state index in [1.165, 1.54) is 6.42 Å². The Balaban J connectivity index is 2.23. The topological polar surface area (TPSA) is 29.5 Å². The van der Waals surface area contributed by atoms with Gasteiger partial charge in [-0.1, -0.05) is 0 Å². The molecule has 0 aromatic rings. The fourth-order valence-corrected chi connectivity index (χ4v) is 0.855. The van der Waals surface area contributed by atoms with Crippen LogP contribution in [0.15, 0.2) is 11.8 Å². The molecular formula is C6H10O2. The molecule has 0 saturated heterocycles. The van der Waals surface area contributed by atoms with Gasteiger partial charge in [0.1, 0.15) is 0 Å². The van der Waals surface area contributed by atoms with Gasteiger partial charge in [0.2, 0.25) is 0 Å². The summed E-state index contributed by atoms with van der Waals surface area (Å²) in [6.45, 7) is -0.175. The summed E-state index contributed by atoms with van der Waals surface area (Å²) in [5.41, 5.74) is 0. The van der Waals surface area contributed by atoms with Crippen molar-refractivity contribution >= 4 is 0 Å². The maximum atomic E-state index is 8.26. The Hall–Kier alpha value is -0.500. The third kappa shape index (κ3) is 1.23. The van der Waals surface area contributed by atoms with Gasteiger partial charge >= 0.3 is 0 Å². The molecule has 1 aliphatic carbocycles. The summed E-state index contributed by atoms with van der Waals surface area (Å²) in [7, 11) is 0. The summed E-state index contributed by atoms with van der Waals surface area (Å²) in [5, 5.41) is 8.26. The van der Waals surface area contributed by atoms with E-state index in [0.717, 1.165) is 18.6 Å². The molecule has 0 amide bonds. The minimum atomic E-state index is -0.175. The molecule has 1 N–H and O–H groups in total. The molecule has 0 aromatic heterocycles. The molecule has 0 saturated carbocycles. The smallest absolute Gasteiger partial charge is 0.185 e. The van der Waals surface area contributed by atoms with Crippen molar-refractivity contribution in [2.45, 2.75) is 19.3 Å². The van der Waals surface area contributed by atoms with Crippen molar-refractivity contribution < 1.29 is 9.84 Å². The third-order valence-electron chi connectivity index (χ3n) is 1.25. The fourth-order valence-electron chi connectivity index (χ4n) is 0.855. The second-order valence-electron chi connectivity index (χ2n) is 1.84. The van der Waals surface area contributed by atoms with Crippen molar-refractivity contribution in [1.29, 1.82) is 0 Å². The van der Waals surface area contributed by atoms with Gasteiger partial charge in [-0.2, -0.15) is 0 Å². The summed E-state index contributed by atoms with van der Waals surface area (Å²) in [5.74, 6) is 0.951. The molecule has 1 rings (SSSR count). The van der Waals surface area contributed by atoms with Crippen molar-refractivity contribution in [3.8, 4) is 0 Å². The van der Waals surface area contributed by atoms with E-state index in [9.17, 15) is 0 Å².